The van der Waals surface area contributed by atoms with E-state index in [4.69, 9.17) is 0 Å². The molecule has 0 aliphatic heterocycles. The van der Waals surface area contributed by atoms with Crippen LogP contribution in [0.5, 0.6) is 0 Å². The molecule has 0 radical (unpaired) electrons. The van der Waals surface area contributed by atoms with Crippen LogP contribution in [0.2, 0.25) is 0 Å². The summed E-state index contributed by atoms with van der Waals surface area (Å²) >= 11 is 0. The van der Waals surface area contributed by atoms with Crippen LogP contribution in [0.4, 0.5) is 9.18 Å². The van der Waals surface area contributed by atoms with Gasteiger partial charge in [-0.3, -0.25) is 0 Å². The van der Waals surface area contributed by atoms with Crippen LogP contribution in [0, 0.1) is 5.82 Å². The third-order valence-corrected chi connectivity index (χ3v) is 4.45. The van der Waals surface area contributed by atoms with Crippen molar-refractivity contribution < 1.29 is 17.6 Å². The molecule has 0 spiro atoms. The van der Waals surface area contributed by atoms with Crippen molar-refractivity contribution in [3.8, 4) is 0 Å². The fraction of sp³-hybridized carbons (Fsp3) is 0.400. The van der Waals surface area contributed by atoms with Gasteiger partial charge in [-0.05, 0) is 37.1 Å². The van der Waals surface area contributed by atoms with Crippen molar-refractivity contribution in [1.82, 2.24) is 15.6 Å². The van der Waals surface area contributed by atoms with Crippen LogP contribution in [0.3, 0.4) is 0 Å². The molecule has 126 valence electrons. The highest BCUT2D eigenvalue weighted by Gasteiger charge is 2.13. The average molecular weight is 341 g/mol. The van der Waals surface area contributed by atoms with Gasteiger partial charge in [0.05, 0.1) is 5.75 Å². The number of hydrogen-bond acceptors (Lipinski definition) is 3. The summed E-state index contributed by atoms with van der Waals surface area (Å²) in [4.78, 5) is 14.8. The topological polar surface area (TPSA) is 91.1 Å². The van der Waals surface area contributed by atoms with E-state index < -0.39 is 21.9 Å². The standard InChI is InChI=1S/C15H20FN3O3S/c1-10(9-23(2,21)22)19-15(20)17-6-5-11-8-18-14-4-3-12(16)7-13(11)14/h3-4,7-8,10,18H,5-6,9H2,1-2H3,(H2,17,19,20)/t10-/m1/s1. The van der Waals surface area contributed by atoms with Gasteiger partial charge in [-0.2, -0.15) is 0 Å². The molecule has 2 aromatic rings. The van der Waals surface area contributed by atoms with Gasteiger partial charge in [0.15, 0.2) is 0 Å². The van der Waals surface area contributed by atoms with E-state index in [1.54, 1.807) is 19.2 Å². The molecule has 23 heavy (non-hydrogen) atoms. The van der Waals surface area contributed by atoms with E-state index in [1.165, 1.54) is 12.1 Å². The third kappa shape index (κ3) is 5.24. The summed E-state index contributed by atoms with van der Waals surface area (Å²) in [5.74, 6) is -0.416. The summed E-state index contributed by atoms with van der Waals surface area (Å²) in [6.07, 6.45) is 3.45. The normalized spacial score (nSPS) is 13.0. The second-order valence-corrected chi connectivity index (χ2v) is 7.83. The monoisotopic (exact) mass is 341 g/mol. The number of H-pyrrole nitrogens is 1. The number of nitrogens with one attached hydrogen (secondary N) is 3. The molecule has 1 atom stereocenters. The minimum absolute atomic E-state index is 0.109. The molecular formula is C15H20FN3O3S. The Balaban J connectivity index is 1.84. The largest absolute Gasteiger partial charge is 0.361 e. The van der Waals surface area contributed by atoms with Crippen molar-refractivity contribution in [2.24, 2.45) is 0 Å². The van der Waals surface area contributed by atoms with Crippen LogP contribution >= 0.6 is 0 Å². The summed E-state index contributed by atoms with van der Waals surface area (Å²) in [6, 6.07) is 3.62. The molecule has 1 aromatic heterocycles. The van der Waals surface area contributed by atoms with E-state index in [0.717, 1.165) is 22.7 Å². The van der Waals surface area contributed by atoms with Crippen molar-refractivity contribution in [3.63, 3.8) is 0 Å². The third-order valence-electron chi connectivity index (χ3n) is 3.34. The number of aromatic amines is 1. The number of rotatable bonds is 6. The first kappa shape index (κ1) is 17.3. The molecule has 3 N–H and O–H groups in total. The number of urea groups is 1. The maximum absolute atomic E-state index is 13.3. The Morgan fingerprint density at radius 2 is 2.13 bits per heavy atom. The van der Waals surface area contributed by atoms with Gasteiger partial charge in [-0.25, -0.2) is 17.6 Å². The molecule has 0 aliphatic rings. The number of sulfone groups is 1. The minimum Gasteiger partial charge on any atom is -0.361 e. The fourth-order valence-corrected chi connectivity index (χ4v) is 3.43. The zero-order chi connectivity index (χ0) is 17.0. The lowest BCUT2D eigenvalue weighted by molar-refractivity contribution is 0.239. The van der Waals surface area contributed by atoms with Crippen molar-refractivity contribution in [2.45, 2.75) is 19.4 Å². The predicted molar refractivity (Wildman–Crippen MR) is 87.7 cm³/mol. The highest BCUT2D eigenvalue weighted by atomic mass is 32.2. The van der Waals surface area contributed by atoms with E-state index in [2.05, 4.69) is 15.6 Å². The molecule has 0 saturated carbocycles. The first-order valence-electron chi connectivity index (χ1n) is 7.22. The minimum atomic E-state index is -3.14. The summed E-state index contributed by atoms with van der Waals surface area (Å²) in [5.41, 5.74) is 1.75. The molecule has 0 bridgehead atoms. The molecule has 2 rings (SSSR count). The zero-order valence-corrected chi connectivity index (χ0v) is 13.8. The Bertz CT molecular complexity index is 801. The van der Waals surface area contributed by atoms with E-state index >= 15 is 0 Å². The van der Waals surface area contributed by atoms with Crippen molar-refractivity contribution in [1.29, 1.82) is 0 Å². The van der Waals surface area contributed by atoms with Crippen molar-refractivity contribution in [2.75, 3.05) is 18.6 Å². The molecular weight excluding hydrogens is 321 g/mol. The number of benzene rings is 1. The van der Waals surface area contributed by atoms with Crippen molar-refractivity contribution >= 4 is 26.8 Å². The predicted octanol–water partition coefficient (Wildman–Crippen LogP) is 1.58. The average Bonchev–Trinajstić information content (AvgIpc) is 2.79. The number of hydrogen-bond donors (Lipinski definition) is 3. The lowest BCUT2D eigenvalue weighted by Gasteiger charge is -2.13. The molecule has 8 heteroatoms. The quantitative estimate of drug-likeness (QED) is 0.745. The first-order valence-corrected chi connectivity index (χ1v) is 9.28. The van der Waals surface area contributed by atoms with E-state index in [1.807, 2.05) is 0 Å². The van der Waals surface area contributed by atoms with Crippen molar-refractivity contribution in [3.05, 3.63) is 35.8 Å². The van der Waals surface area contributed by atoms with Gasteiger partial charge in [0.25, 0.3) is 0 Å². The molecule has 1 heterocycles. The van der Waals surface area contributed by atoms with Crippen LogP contribution in [0.1, 0.15) is 12.5 Å². The van der Waals surface area contributed by atoms with Crippen LogP contribution in [-0.4, -0.2) is 44.0 Å². The maximum atomic E-state index is 13.3. The van der Waals surface area contributed by atoms with Gasteiger partial charge >= 0.3 is 6.03 Å². The molecule has 6 nitrogen and oxygen atoms in total. The number of carbonyl (C=O) groups is 1. The van der Waals surface area contributed by atoms with Gasteiger partial charge in [0.1, 0.15) is 15.7 Å². The molecule has 0 fully saturated rings. The lowest BCUT2D eigenvalue weighted by Crippen LogP contribution is -2.44. The highest BCUT2D eigenvalue weighted by Crippen LogP contribution is 2.19. The lowest BCUT2D eigenvalue weighted by atomic mass is 10.1. The van der Waals surface area contributed by atoms with Crippen LogP contribution in [-0.2, 0) is 16.3 Å². The van der Waals surface area contributed by atoms with Gasteiger partial charge in [-0.1, -0.05) is 0 Å². The van der Waals surface area contributed by atoms with E-state index in [0.29, 0.717) is 13.0 Å². The van der Waals surface area contributed by atoms with Gasteiger partial charge < -0.3 is 15.6 Å². The Hall–Kier alpha value is -2.09. The number of amides is 2. The summed E-state index contributed by atoms with van der Waals surface area (Å²) < 4.78 is 35.6. The Labute approximate surface area is 134 Å². The number of halogens is 1. The highest BCUT2D eigenvalue weighted by molar-refractivity contribution is 7.90. The smallest absolute Gasteiger partial charge is 0.315 e. The molecule has 2 amide bonds. The number of carbonyl (C=O) groups excluding carboxylic acids is 1. The first-order chi connectivity index (χ1) is 10.7. The Morgan fingerprint density at radius 1 is 1.39 bits per heavy atom. The summed E-state index contributed by atoms with van der Waals surface area (Å²) in [7, 11) is -3.14. The van der Waals surface area contributed by atoms with Crippen LogP contribution in [0.25, 0.3) is 10.9 Å². The summed E-state index contributed by atoms with van der Waals surface area (Å²) in [6.45, 7) is 1.99. The number of fused-ring (bicyclic) bond motifs is 1. The Kier molecular flexibility index (Phi) is 5.25. The molecule has 1 aromatic carbocycles. The Morgan fingerprint density at radius 3 is 2.83 bits per heavy atom. The van der Waals surface area contributed by atoms with Gasteiger partial charge in [0, 0.05) is 35.9 Å². The number of aromatic nitrogens is 1. The second-order valence-electron chi connectivity index (χ2n) is 5.65. The van der Waals surface area contributed by atoms with Gasteiger partial charge in [0.2, 0.25) is 0 Å². The summed E-state index contributed by atoms with van der Waals surface area (Å²) in [5, 5.41) is 6.02. The molecule has 0 saturated heterocycles. The molecule has 0 aliphatic carbocycles. The van der Waals surface area contributed by atoms with Gasteiger partial charge in [-0.15, -0.1) is 0 Å². The second kappa shape index (κ2) is 6.99. The maximum Gasteiger partial charge on any atom is 0.315 e. The molecule has 0 unspecified atom stereocenters. The van der Waals surface area contributed by atoms with Crippen LogP contribution < -0.4 is 10.6 Å². The zero-order valence-electron chi connectivity index (χ0n) is 13.0. The SMILES string of the molecule is C[C@H](CS(C)(=O)=O)NC(=O)NCCc1c[nH]c2ccc(F)cc12. The van der Waals surface area contributed by atoms with Crippen LogP contribution in [0.15, 0.2) is 24.4 Å². The fourth-order valence-electron chi connectivity index (χ4n) is 2.44. The van der Waals surface area contributed by atoms with E-state index in [9.17, 15) is 17.6 Å². The van der Waals surface area contributed by atoms with E-state index in [-0.39, 0.29) is 11.6 Å².